The van der Waals surface area contributed by atoms with Gasteiger partial charge in [-0.05, 0) is 42.2 Å². The summed E-state index contributed by atoms with van der Waals surface area (Å²) < 4.78 is 44.4. The number of amides is 3. The SMILES string of the molecule is COc1ccc([C@H](NC(=O)[C@H](C)NC(=O)Cc2ccccc2Cl)C(=O)N[C@H](C(=O)C(F)(F)F)C(C)C)cc1. The summed E-state index contributed by atoms with van der Waals surface area (Å²) in [6.45, 7) is 4.09. The first-order valence-corrected chi connectivity index (χ1v) is 12.0. The number of benzene rings is 2. The second-order valence-electron chi connectivity index (χ2n) is 8.86. The van der Waals surface area contributed by atoms with E-state index in [1.807, 2.05) is 0 Å². The monoisotopic (exact) mass is 555 g/mol. The Hall–Kier alpha value is -3.60. The summed E-state index contributed by atoms with van der Waals surface area (Å²) >= 11 is 6.07. The number of Topliss-reactive ketones (excluding diaryl/α,β-unsaturated/α-hetero) is 1. The number of halogens is 4. The van der Waals surface area contributed by atoms with E-state index in [2.05, 4.69) is 16.0 Å². The van der Waals surface area contributed by atoms with Crippen molar-refractivity contribution in [1.82, 2.24) is 16.0 Å². The summed E-state index contributed by atoms with van der Waals surface area (Å²) in [5, 5.41) is 7.45. The van der Waals surface area contributed by atoms with E-state index in [0.29, 0.717) is 16.3 Å². The van der Waals surface area contributed by atoms with Gasteiger partial charge < -0.3 is 20.7 Å². The summed E-state index contributed by atoms with van der Waals surface area (Å²) in [5.74, 6) is -4.89. The molecule has 0 bridgehead atoms. The van der Waals surface area contributed by atoms with Gasteiger partial charge in [0, 0.05) is 5.02 Å². The Labute approximate surface area is 223 Å². The maximum atomic E-state index is 13.1. The molecule has 0 heterocycles. The number of alkyl halides is 3. The van der Waals surface area contributed by atoms with E-state index in [-0.39, 0.29) is 12.0 Å². The van der Waals surface area contributed by atoms with Crippen LogP contribution in [0.15, 0.2) is 48.5 Å². The molecule has 0 saturated carbocycles. The van der Waals surface area contributed by atoms with Gasteiger partial charge in [0.05, 0.1) is 19.6 Å². The number of rotatable bonds is 11. The molecule has 206 valence electrons. The molecule has 0 aromatic heterocycles. The van der Waals surface area contributed by atoms with E-state index >= 15 is 0 Å². The van der Waals surface area contributed by atoms with Crippen LogP contribution in [0, 0.1) is 5.92 Å². The summed E-state index contributed by atoms with van der Waals surface area (Å²) in [7, 11) is 1.42. The molecule has 0 saturated heterocycles. The van der Waals surface area contributed by atoms with Crippen LogP contribution in [-0.4, -0.2) is 48.9 Å². The van der Waals surface area contributed by atoms with Gasteiger partial charge >= 0.3 is 6.18 Å². The second kappa shape index (κ2) is 13.3. The minimum Gasteiger partial charge on any atom is -0.497 e. The van der Waals surface area contributed by atoms with Gasteiger partial charge in [-0.2, -0.15) is 13.2 Å². The van der Waals surface area contributed by atoms with Crippen molar-refractivity contribution in [1.29, 1.82) is 0 Å². The minimum absolute atomic E-state index is 0.102. The minimum atomic E-state index is -5.17. The molecule has 0 aliphatic heterocycles. The van der Waals surface area contributed by atoms with Crippen molar-refractivity contribution in [2.45, 2.75) is 51.5 Å². The zero-order valence-corrected chi connectivity index (χ0v) is 21.9. The highest BCUT2D eigenvalue weighted by Gasteiger charge is 2.45. The topological polar surface area (TPSA) is 114 Å². The van der Waals surface area contributed by atoms with Crippen LogP contribution in [0.5, 0.6) is 5.75 Å². The third-order valence-electron chi connectivity index (χ3n) is 5.60. The van der Waals surface area contributed by atoms with Crippen molar-refractivity contribution < 1.29 is 37.1 Å². The van der Waals surface area contributed by atoms with Crippen molar-refractivity contribution in [3.8, 4) is 5.75 Å². The summed E-state index contributed by atoms with van der Waals surface area (Å²) in [4.78, 5) is 50.4. The maximum absolute atomic E-state index is 13.1. The summed E-state index contributed by atoms with van der Waals surface area (Å²) in [6, 6.07) is 8.11. The third kappa shape index (κ3) is 8.47. The Morgan fingerprint density at radius 3 is 2.03 bits per heavy atom. The van der Waals surface area contributed by atoms with Gasteiger partial charge in [-0.3, -0.25) is 19.2 Å². The third-order valence-corrected chi connectivity index (χ3v) is 5.97. The lowest BCUT2D eigenvalue weighted by molar-refractivity contribution is -0.175. The van der Waals surface area contributed by atoms with E-state index in [9.17, 15) is 32.3 Å². The molecule has 0 aliphatic carbocycles. The molecule has 0 fully saturated rings. The predicted octanol–water partition coefficient (Wildman–Crippen LogP) is 3.53. The number of hydrogen-bond donors (Lipinski definition) is 3. The van der Waals surface area contributed by atoms with E-state index < -0.39 is 53.7 Å². The summed E-state index contributed by atoms with van der Waals surface area (Å²) in [6.07, 6.45) is -5.27. The van der Waals surface area contributed by atoms with E-state index in [1.54, 1.807) is 24.3 Å². The van der Waals surface area contributed by atoms with Crippen LogP contribution in [0.1, 0.15) is 37.9 Å². The first kappa shape index (κ1) is 30.6. The van der Waals surface area contributed by atoms with E-state index in [4.69, 9.17) is 16.3 Å². The van der Waals surface area contributed by atoms with Crippen LogP contribution < -0.4 is 20.7 Å². The molecule has 38 heavy (non-hydrogen) atoms. The van der Waals surface area contributed by atoms with Crippen molar-refractivity contribution in [2.75, 3.05) is 7.11 Å². The molecule has 12 heteroatoms. The molecule has 0 unspecified atom stereocenters. The van der Waals surface area contributed by atoms with Crippen molar-refractivity contribution in [3.63, 3.8) is 0 Å². The fourth-order valence-electron chi connectivity index (χ4n) is 3.48. The van der Waals surface area contributed by atoms with Crippen molar-refractivity contribution >= 4 is 35.1 Å². The average Bonchev–Trinajstić information content (AvgIpc) is 2.85. The molecular weight excluding hydrogens is 527 g/mol. The number of carbonyl (C=O) groups is 4. The predicted molar refractivity (Wildman–Crippen MR) is 134 cm³/mol. The lowest BCUT2D eigenvalue weighted by Crippen LogP contribution is -2.54. The largest absolute Gasteiger partial charge is 0.497 e. The van der Waals surface area contributed by atoms with Gasteiger partial charge in [0.25, 0.3) is 5.78 Å². The van der Waals surface area contributed by atoms with Crippen LogP contribution in [0.4, 0.5) is 13.2 Å². The Kier molecular flexibility index (Phi) is 10.7. The second-order valence-corrected chi connectivity index (χ2v) is 9.27. The highest BCUT2D eigenvalue weighted by atomic mass is 35.5. The Balaban J connectivity index is 2.23. The van der Waals surface area contributed by atoms with E-state index in [0.717, 1.165) is 0 Å². The number of nitrogens with one attached hydrogen (secondary N) is 3. The molecular formula is C26H29ClF3N3O5. The molecule has 0 radical (unpaired) electrons. The first-order chi connectivity index (χ1) is 17.7. The lowest BCUT2D eigenvalue weighted by atomic mass is 9.97. The molecule has 3 atom stereocenters. The zero-order valence-electron chi connectivity index (χ0n) is 21.2. The van der Waals surface area contributed by atoms with Crippen LogP contribution in [0.3, 0.4) is 0 Å². The highest BCUT2D eigenvalue weighted by molar-refractivity contribution is 6.31. The zero-order chi connectivity index (χ0) is 28.6. The van der Waals surface area contributed by atoms with Crippen molar-refractivity contribution in [3.05, 3.63) is 64.7 Å². The number of methoxy groups -OCH3 is 1. The lowest BCUT2D eigenvalue weighted by Gasteiger charge is -2.26. The molecule has 0 spiro atoms. The van der Waals surface area contributed by atoms with Gasteiger partial charge in [-0.25, -0.2) is 0 Å². The fraction of sp³-hybridized carbons (Fsp3) is 0.385. The molecule has 0 aliphatic rings. The Morgan fingerprint density at radius 1 is 0.895 bits per heavy atom. The molecule has 8 nitrogen and oxygen atoms in total. The van der Waals surface area contributed by atoms with Crippen LogP contribution >= 0.6 is 11.6 Å². The molecule has 3 N–H and O–H groups in total. The number of carbonyl (C=O) groups excluding carboxylic acids is 4. The highest BCUT2D eigenvalue weighted by Crippen LogP contribution is 2.23. The van der Waals surface area contributed by atoms with Crippen LogP contribution in [0.25, 0.3) is 0 Å². The number of hydrogen-bond acceptors (Lipinski definition) is 5. The van der Waals surface area contributed by atoms with Crippen LogP contribution in [0.2, 0.25) is 5.02 Å². The van der Waals surface area contributed by atoms with Gasteiger partial charge in [-0.1, -0.05) is 55.8 Å². The van der Waals surface area contributed by atoms with Crippen molar-refractivity contribution in [2.24, 2.45) is 5.92 Å². The molecule has 2 aromatic carbocycles. The quantitative estimate of drug-likeness (QED) is 0.393. The first-order valence-electron chi connectivity index (χ1n) is 11.6. The standard InChI is InChI=1S/C26H29ClF3N3O5/c1-14(2)21(23(35)26(28,29)30)32-25(37)22(16-9-11-18(38-4)12-10-16)33-24(36)15(3)31-20(34)13-17-7-5-6-8-19(17)27/h5-12,14-15,21-22H,13H2,1-4H3,(H,31,34)(H,32,37)(H,33,36)/t15-,21-,22-/m0/s1. The van der Waals surface area contributed by atoms with Gasteiger partial charge in [0.1, 0.15) is 17.8 Å². The summed E-state index contributed by atoms with van der Waals surface area (Å²) in [5.41, 5.74) is 0.761. The molecule has 2 rings (SSSR count). The Morgan fingerprint density at radius 2 is 1.50 bits per heavy atom. The number of ketones is 1. The smallest absolute Gasteiger partial charge is 0.452 e. The van der Waals surface area contributed by atoms with E-state index in [1.165, 1.54) is 52.1 Å². The number of ether oxygens (including phenoxy) is 1. The maximum Gasteiger partial charge on any atom is 0.452 e. The molecule has 3 amide bonds. The van der Waals surface area contributed by atoms with Gasteiger partial charge in [-0.15, -0.1) is 0 Å². The van der Waals surface area contributed by atoms with Gasteiger partial charge in [0.2, 0.25) is 17.7 Å². The van der Waals surface area contributed by atoms with Gasteiger partial charge in [0.15, 0.2) is 0 Å². The molecule has 2 aromatic rings. The normalized spacial score (nSPS) is 13.7. The average molecular weight is 556 g/mol. The Bertz CT molecular complexity index is 1160. The van der Waals surface area contributed by atoms with Crippen LogP contribution in [-0.2, 0) is 25.6 Å². The fourth-order valence-corrected chi connectivity index (χ4v) is 3.69.